The maximum atomic E-state index is 11.9. The Balaban J connectivity index is 0.00000288. The highest BCUT2D eigenvalue weighted by Gasteiger charge is 2.27. The highest BCUT2D eigenvalue weighted by Crippen LogP contribution is 2.28. The van der Waals surface area contributed by atoms with E-state index in [1.807, 2.05) is 25.1 Å². The van der Waals surface area contributed by atoms with Crippen molar-refractivity contribution in [2.45, 2.75) is 38.3 Å². The second kappa shape index (κ2) is 10.4. The summed E-state index contributed by atoms with van der Waals surface area (Å²) in [5.74, 6) is 1.45. The minimum absolute atomic E-state index is 0. The third-order valence-electron chi connectivity index (χ3n) is 3.89. The van der Waals surface area contributed by atoms with Gasteiger partial charge in [-0.25, -0.2) is 0 Å². The summed E-state index contributed by atoms with van der Waals surface area (Å²) in [5.41, 5.74) is 1.15. The molecule has 24 heavy (non-hydrogen) atoms. The summed E-state index contributed by atoms with van der Waals surface area (Å²) in [6.07, 6.45) is 1.77. The number of methoxy groups -OCH3 is 1. The van der Waals surface area contributed by atoms with E-state index >= 15 is 0 Å². The molecule has 7 heteroatoms. The van der Waals surface area contributed by atoms with Gasteiger partial charge in [-0.1, -0.05) is 6.07 Å². The number of β-amino-alcohol motifs (C(OH)–C–C–N with tert-alkyl or cyclic N) is 1. The van der Waals surface area contributed by atoms with Gasteiger partial charge in [-0.05, 0) is 43.9 Å². The first-order valence-electron chi connectivity index (χ1n) is 8.13. The van der Waals surface area contributed by atoms with Crippen molar-refractivity contribution in [1.82, 2.24) is 10.6 Å². The number of aryl methyl sites for hydroxylation is 1. The van der Waals surface area contributed by atoms with Crippen LogP contribution in [0.3, 0.4) is 0 Å². The molecule has 2 atom stereocenters. The number of hydrogen-bond acceptors (Lipinski definition) is 5. The number of nitrogens with one attached hydrogen (secondary N) is 2. The quantitative estimate of drug-likeness (QED) is 0.610. The molecule has 3 N–H and O–H groups in total. The number of hydrogen-bond donors (Lipinski definition) is 3. The lowest BCUT2D eigenvalue weighted by Crippen LogP contribution is -2.40. The molecular weight excluding hydrogens is 332 g/mol. The lowest BCUT2D eigenvalue weighted by molar-refractivity contribution is -0.122. The molecule has 1 amide bonds. The number of benzene rings is 1. The maximum absolute atomic E-state index is 11.9. The molecule has 6 nitrogen and oxygen atoms in total. The molecule has 2 rings (SSSR count). The van der Waals surface area contributed by atoms with Crippen LogP contribution in [0.25, 0.3) is 0 Å². The van der Waals surface area contributed by atoms with Gasteiger partial charge in [-0.3, -0.25) is 4.79 Å². The summed E-state index contributed by atoms with van der Waals surface area (Å²) >= 11 is 0. The minimum Gasteiger partial charge on any atom is -0.493 e. The molecule has 0 aromatic heterocycles. The number of carbonyl (C=O) groups is 1. The Morgan fingerprint density at radius 3 is 2.83 bits per heavy atom. The van der Waals surface area contributed by atoms with Gasteiger partial charge >= 0.3 is 0 Å². The molecule has 1 saturated heterocycles. The van der Waals surface area contributed by atoms with Crippen molar-refractivity contribution in [1.29, 1.82) is 0 Å². The van der Waals surface area contributed by atoms with Crippen LogP contribution in [-0.2, 0) is 11.2 Å². The Morgan fingerprint density at radius 1 is 1.42 bits per heavy atom. The molecule has 0 radical (unpaired) electrons. The number of halogens is 1. The van der Waals surface area contributed by atoms with Gasteiger partial charge in [0, 0.05) is 13.1 Å². The normalized spacial score (nSPS) is 19.5. The number of aliphatic hydroxyl groups excluding tert-OH is 1. The molecular formula is C17H27ClN2O4. The molecule has 1 aromatic carbocycles. The van der Waals surface area contributed by atoms with Crippen LogP contribution in [0.5, 0.6) is 11.5 Å². The van der Waals surface area contributed by atoms with E-state index in [0.717, 1.165) is 29.9 Å². The number of carbonyl (C=O) groups excluding carboxylic acids is 1. The van der Waals surface area contributed by atoms with E-state index in [0.29, 0.717) is 26.1 Å². The second-order valence-corrected chi connectivity index (χ2v) is 5.66. The first-order valence-corrected chi connectivity index (χ1v) is 8.13. The second-order valence-electron chi connectivity index (χ2n) is 5.66. The van der Waals surface area contributed by atoms with E-state index in [1.165, 1.54) is 0 Å². The highest BCUT2D eigenvalue weighted by atomic mass is 35.5. The predicted octanol–water partition coefficient (Wildman–Crippen LogP) is 1.29. The van der Waals surface area contributed by atoms with E-state index in [1.54, 1.807) is 7.11 Å². The van der Waals surface area contributed by atoms with Crippen molar-refractivity contribution < 1.29 is 19.4 Å². The van der Waals surface area contributed by atoms with Gasteiger partial charge < -0.3 is 25.2 Å². The minimum atomic E-state index is -0.415. The van der Waals surface area contributed by atoms with Crippen molar-refractivity contribution in [2.24, 2.45) is 0 Å². The highest BCUT2D eigenvalue weighted by molar-refractivity contribution is 5.85. The van der Waals surface area contributed by atoms with Crippen LogP contribution in [0.15, 0.2) is 18.2 Å². The van der Waals surface area contributed by atoms with E-state index in [9.17, 15) is 9.90 Å². The Hall–Kier alpha value is -1.50. The molecule has 136 valence electrons. The average molecular weight is 359 g/mol. The fourth-order valence-corrected chi connectivity index (χ4v) is 2.69. The van der Waals surface area contributed by atoms with Crippen LogP contribution < -0.4 is 20.1 Å². The fraction of sp³-hybridized carbons (Fsp3) is 0.588. The summed E-state index contributed by atoms with van der Waals surface area (Å²) in [6.45, 7) is 3.64. The monoisotopic (exact) mass is 358 g/mol. The van der Waals surface area contributed by atoms with Gasteiger partial charge in [0.1, 0.15) is 0 Å². The number of amides is 1. The lowest BCUT2D eigenvalue weighted by Gasteiger charge is -2.12. The van der Waals surface area contributed by atoms with E-state index in [2.05, 4.69) is 10.6 Å². The van der Waals surface area contributed by atoms with Crippen LogP contribution in [0, 0.1) is 0 Å². The maximum Gasteiger partial charge on any atom is 0.237 e. The molecule has 1 heterocycles. The van der Waals surface area contributed by atoms with Gasteiger partial charge in [0.25, 0.3) is 0 Å². The van der Waals surface area contributed by atoms with Crippen molar-refractivity contribution in [3.8, 4) is 11.5 Å². The summed E-state index contributed by atoms with van der Waals surface area (Å²) in [4.78, 5) is 11.9. The summed E-state index contributed by atoms with van der Waals surface area (Å²) in [7, 11) is 1.63. The molecule has 2 unspecified atom stereocenters. The van der Waals surface area contributed by atoms with E-state index < -0.39 is 6.10 Å². The van der Waals surface area contributed by atoms with Gasteiger partial charge in [0.05, 0.1) is 25.9 Å². The van der Waals surface area contributed by atoms with Gasteiger partial charge in [-0.2, -0.15) is 0 Å². The van der Waals surface area contributed by atoms with Gasteiger partial charge in [-0.15, -0.1) is 12.4 Å². The SMILES string of the molecule is CCOc1cc(CCCNC(=O)C2CC(O)CN2)ccc1OC.Cl. The third kappa shape index (κ3) is 5.85. The zero-order valence-corrected chi connectivity index (χ0v) is 15.0. The molecule has 1 fully saturated rings. The number of rotatable bonds is 8. The smallest absolute Gasteiger partial charge is 0.237 e. The summed E-state index contributed by atoms with van der Waals surface area (Å²) in [6, 6.07) is 5.63. The molecule has 0 bridgehead atoms. The van der Waals surface area contributed by atoms with Gasteiger partial charge in [0.2, 0.25) is 5.91 Å². The molecule has 0 aliphatic carbocycles. The van der Waals surface area contributed by atoms with Crippen LogP contribution >= 0.6 is 12.4 Å². The number of ether oxygens (including phenoxy) is 2. The van der Waals surface area contributed by atoms with Crippen molar-refractivity contribution in [3.63, 3.8) is 0 Å². The number of aliphatic hydroxyl groups is 1. The largest absolute Gasteiger partial charge is 0.493 e. The molecule has 1 aliphatic heterocycles. The van der Waals surface area contributed by atoms with E-state index in [-0.39, 0.29) is 24.4 Å². The Morgan fingerprint density at radius 2 is 2.21 bits per heavy atom. The van der Waals surface area contributed by atoms with Crippen molar-refractivity contribution >= 4 is 18.3 Å². The van der Waals surface area contributed by atoms with Crippen LogP contribution in [-0.4, -0.2) is 50.0 Å². The standard InChI is InChI=1S/C17H26N2O4.ClH/c1-3-23-16-9-12(6-7-15(16)22-2)5-4-8-18-17(21)14-10-13(20)11-19-14;/h6-7,9,13-14,19-20H,3-5,8,10-11H2,1-2H3,(H,18,21);1H. The first kappa shape index (κ1) is 20.5. The Kier molecular flexibility index (Phi) is 8.89. The molecule has 0 saturated carbocycles. The topological polar surface area (TPSA) is 79.8 Å². The van der Waals surface area contributed by atoms with Gasteiger partial charge in [0.15, 0.2) is 11.5 Å². The lowest BCUT2D eigenvalue weighted by atomic mass is 10.1. The van der Waals surface area contributed by atoms with Crippen LogP contribution in [0.4, 0.5) is 0 Å². The zero-order valence-electron chi connectivity index (χ0n) is 14.2. The van der Waals surface area contributed by atoms with Crippen molar-refractivity contribution in [2.75, 3.05) is 26.8 Å². The molecule has 1 aliphatic rings. The predicted molar refractivity (Wildman–Crippen MR) is 95.2 cm³/mol. The fourth-order valence-electron chi connectivity index (χ4n) is 2.69. The Bertz CT molecular complexity index is 527. The third-order valence-corrected chi connectivity index (χ3v) is 3.89. The average Bonchev–Trinajstić information content (AvgIpc) is 2.98. The van der Waals surface area contributed by atoms with E-state index in [4.69, 9.17) is 9.47 Å². The molecule has 1 aromatic rings. The summed E-state index contributed by atoms with van der Waals surface area (Å²) < 4.78 is 10.8. The summed E-state index contributed by atoms with van der Waals surface area (Å²) in [5, 5.41) is 15.3. The first-order chi connectivity index (χ1) is 11.1. The van der Waals surface area contributed by atoms with Crippen molar-refractivity contribution in [3.05, 3.63) is 23.8 Å². The van der Waals surface area contributed by atoms with Crippen LogP contribution in [0.1, 0.15) is 25.3 Å². The van der Waals surface area contributed by atoms with Crippen LogP contribution in [0.2, 0.25) is 0 Å². The Labute approximate surface area is 149 Å². The zero-order chi connectivity index (χ0) is 16.7. The molecule has 0 spiro atoms.